The summed E-state index contributed by atoms with van der Waals surface area (Å²) in [4.78, 5) is 0. The molecule has 2 aromatic rings. The quantitative estimate of drug-likeness (QED) is 0.491. The molecule has 0 nitrogen and oxygen atoms in total. The number of hydrogen-bond donors (Lipinski definition) is 0. The van der Waals surface area contributed by atoms with Gasteiger partial charge in [-0.3, -0.25) is 0 Å². The van der Waals surface area contributed by atoms with Gasteiger partial charge in [0.25, 0.3) is 0 Å². The van der Waals surface area contributed by atoms with E-state index in [1.165, 1.54) is 0 Å². The fourth-order valence-electron chi connectivity index (χ4n) is 5.40. The van der Waals surface area contributed by atoms with Crippen LogP contribution in [0.3, 0.4) is 0 Å². The van der Waals surface area contributed by atoms with Gasteiger partial charge in [0.1, 0.15) is 0 Å². The standard InChI is InChI=1S/C15H19.C5H5.Fe/c1-2-4-12(3-1)15-13-6-10-5-11(8-13)9-14(15)7-10;1-2-4-5-3-1;/h1-4,10-11,13-15H,5-9H2;1-5H;/q-1;-5;. The maximum absolute atomic E-state index is 2.37. The summed E-state index contributed by atoms with van der Waals surface area (Å²) in [7, 11) is 0. The van der Waals surface area contributed by atoms with E-state index in [2.05, 4.69) is 24.3 Å². The van der Waals surface area contributed by atoms with E-state index < -0.39 is 0 Å². The topological polar surface area (TPSA) is 0 Å². The smallest absolute Gasteiger partial charge is 0 e. The SMILES string of the molecule is [Fe].[cH-]1[cH-][cH-][cH-][cH-]1.c1cc[c-](C2C3CC4CC(C3)CC2C4)c1. The van der Waals surface area contributed by atoms with Crippen LogP contribution in [0, 0.1) is 23.7 Å². The van der Waals surface area contributed by atoms with Gasteiger partial charge in [-0.1, -0.05) is 5.92 Å². The molecule has 0 aromatic heterocycles. The van der Waals surface area contributed by atoms with Crippen molar-refractivity contribution in [3.8, 4) is 0 Å². The van der Waals surface area contributed by atoms with Gasteiger partial charge in [0, 0.05) is 17.1 Å². The maximum Gasteiger partial charge on any atom is 0 e. The molecular weight excluding hydrogens is 296 g/mol. The molecule has 0 radical (unpaired) electrons. The summed E-state index contributed by atoms with van der Waals surface area (Å²) < 4.78 is 0. The molecule has 0 N–H and O–H groups in total. The van der Waals surface area contributed by atoms with Crippen molar-refractivity contribution in [3.63, 3.8) is 0 Å². The first-order valence-electron chi connectivity index (χ1n) is 8.28. The number of hydrogen-bond acceptors (Lipinski definition) is 0. The van der Waals surface area contributed by atoms with Crippen LogP contribution >= 0.6 is 0 Å². The van der Waals surface area contributed by atoms with Crippen molar-refractivity contribution in [2.75, 3.05) is 0 Å². The van der Waals surface area contributed by atoms with E-state index in [1.54, 1.807) is 37.7 Å². The molecule has 0 heterocycles. The largest absolute Gasteiger partial charge is 0.748 e. The van der Waals surface area contributed by atoms with Crippen LogP contribution in [0.1, 0.15) is 43.6 Å². The summed E-state index contributed by atoms with van der Waals surface area (Å²) in [5.74, 6) is 5.25. The molecule has 21 heavy (non-hydrogen) atoms. The molecule has 0 aliphatic heterocycles. The van der Waals surface area contributed by atoms with Gasteiger partial charge in [0.05, 0.1) is 0 Å². The van der Waals surface area contributed by atoms with Gasteiger partial charge >= 0.3 is 0 Å². The Labute approximate surface area is 139 Å². The molecule has 0 spiro atoms. The molecule has 0 atom stereocenters. The monoisotopic (exact) mass is 320 g/mol. The van der Waals surface area contributed by atoms with Gasteiger partial charge in [0.2, 0.25) is 0 Å². The molecule has 4 aliphatic carbocycles. The van der Waals surface area contributed by atoms with Crippen LogP contribution in [0.5, 0.6) is 0 Å². The van der Waals surface area contributed by atoms with Crippen molar-refractivity contribution in [2.24, 2.45) is 23.7 Å². The Balaban J connectivity index is 0.000000190. The van der Waals surface area contributed by atoms with E-state index in [1.807, 2.05) is 30.3 Å². The van der Waals surface area contributed by atoms with Crippen LogP contribution in [-0.2, 0) is 17.1 Å². The summed E-state index contributed by atoms with van der Waals surface area (Å²) in [5.41, 5.74) is 1.66. The molecule has 4 fully saturated rings. The third kappa shape index (κ3) is 3.05. The summed E-state index contributed by atoms with van der Waals surface area (Å²) >= 11 is 0. The van der Waals surface area contributed by atoms with E-state index in [9.17, 15) is 0 Å². The summed E-state index contributed by atoms with van der Waals surface area (Å²) in [6, 6.07) is 19.2. The van der Waals surface area contributed by atoms with Crippen molar-refractivity contribution in [1.29, 1.82) is 0 Å². The Morgan fingerprint density at radius 2 is 1.10 bits per heavy atom. The van der Waals surface area contributed by atoms with Crippen LogP contribution in [0.25, 0.3) is 0 Å². The Morgan fingerprint density at radius 1 is 0.667 bits per heavy atom. The second-order valence-electron chi connectivity index (χ2n) is 7.14. The second kappa shape index (κ2) is 6.55. The van der Waals surface area contributed by atoms with Gasteiger partial charge in [-0.25, -0.2) is 12.1 Å². The van der Waals surface area contributed by atoms with Gasteiger partial charge in [-0.2, -0.15) is 17.7 Å². The third-order valence-corrected chi connectivity index (χ3v) is 5.86. The zero-order valence-electron chi connectivity index (χ0n) is 12.5. The average molecular weight is 320 g/mol. The number of rotatable bonds is 1. The molecule has 118 valence electrons. The molecule has 0 amide bonds. The van der Waals surface area contributed by atoms with Gasteiger partial charge in [0.15, 0.2) is 0 Å². The fraction of sp³-hybridized carbons (Fsp3) is 0.500. The maximum atomic E-state index is 2.37. The van der Waals surface area contributed by atoms with Crippen LogP contribution in [-0.4, -0.2) is 0 Å². The van der Waals surface area contributed by atoms with E-state index in [4.69, 9.17) is 0 Å². The van der Waals surface area contributed by atoms with Crippen LogP contribution < -0.4 is 0 Å². The molecule has 4 saturated carbocycles. The Hall–Kier alpha value is -0.781. The summed E-state index contributed by atoms with van der Waals surface area (Å²) in [6.07, 6.45) is 7.75. The normalized spacial score (nSPS) is 35.7. The van der Waals surface area contributed by atoms with Crippen molar-refractivity contribution in [3.05, 3.63) is 60.2 Å². The van der Waals surface area contributed by atoms with Crippen LogP contribution in [0.15, 0.2) is 54.6 Å². The van der Waals surface area contributed by atoms with E-state index in [0.717, 1.165) is 29.6 Å². The minimum Gasteiger partial charge on any atom is -0.748 e. The Bertz CT molecular complexity index is 463. The van der Waals surface area contributed by atoms with E-state index in [-0.39, 0.29) is 17.1 Å². The molecule has 4 aliphatic rings. The second-order valence-corrected chi connectivity index (χ2v) is 7.14. The van der Waals surface area contributed by atoms with Crippen molar-refractivity contribution >= 4 is 0 Å². The first-order chi connectivity index (χ1) is 9.90. The first kappa shape index (κ1) is 15.1. The zero-order valence-corrected chi connectivity index (χ0v) is 13.6. The molecular formula is C20H24Fe-6. The molecule has 1 heteroatoms. The molecule has 0 unspecified atom stereocenters. The third-order valence-electron chi connectivity index (χ3n) is 5.86. The summed E-state index contributed by atoms with van der Waals surface area (Å²) in [6.45, 7) is 0. The van der Waals surface area contributed by atoms with E-state index >= 15 is 0 Å². The molecule has 6 rings (SSSR count). The van der Waals surface area contributed by atoms with Gasteiger partial charge in [-0.05, 0) is 55.8 Å². The zero-order chi connectivity index (χ0) is 13.4. The average Bonchev–Trinajstić information content (AvgIpc) is 3.14. The fourth-order valence-corrected chi connectivity index (χ4v) is 5.40. The van der Waals surface area contributed by atoms with Crippen molar-refractivity contribution < 1.29 is 17.1 Å². The minimum absolute atomic E-state index is 0. The molecule has 2 aromatic carbocycles. The van der Waals surface area contributed by atoms with Crippen LogP contribution in [0.4, 0.5) is 0 Å². The van der Waals surface area contributed by atoms with Gasteiger partial charge < -0.3 is 30.3 Å². The van der Waals surface area contributed by atoms with Crippen molar-refractivity contribution in [1.82, 2.24) is 0 Å². The molecule has 0 saturated heterocycles. The molecule has 4 bridgehead atoms. The van der Waals surface area contributed by atoms with Gasteiger partial charge in [-0.15, -0.1) is 0 Å². The van der Waals surface area contributed by atoms with Crippen molar-refractivity contribution in [2.45, 2.75) is 38.0 Å². The van der Waals surface area contributed by atoms with E-state index in [0.29, 0.717) is 0 Å². The van der Waals surface area contributed by atoms with Crippen LogP contribution in [0.2, 0.25) is 0 Å². The Kier molecular flexibility index (Phi) is 4.72. The predicted molar refractivity (Wildman–Crippen MR) is 83.9 cm³/mol. The predicted octanol–water partition coefficient (Wildman–Crippen LogP) is 5.35. The first-order valence-corrected chi connectivity index (χ1v) is 8.28. The summed E-state index contributed by atoms with van der Waals surface area (Å²) in [5, 5.41) is 0. The Morgan fingerprint density at radius 3 is 1.52 bits per heavy atom. The minimum atomic E-state index is 0.